The number of H-pyrrole nitrogens is 1. The number of aromatic nitrogens is 2. The molecular formula is C10H18N2O2. The van der Waals surface area contributed by atoms with Crippen LogP contribution in [-0.2, 0) is 6.54 Å². The molecule has 0 saturated carbocycles. The van der Waals surface area contributed by atoms with Gasteiger partial charge in [0.25, 0.3) is 0 Å². The van der Waals surface area contributed by atoms with Gasteiger partial charge in [0.2, 0.25) is 0 Å². The van der Waals surface area contributed by atoms with E-state index in [1.807, 2.05) is 13.8 Å². The SMILES string of the molecule is Cc1[nH]c(=O)n(CCC(C)(C)O)c1C. The van der Waals surface area contributed by atoms with E-state index in [9.17, 15) is 9.90 Å². The van der Waals surface area contributed by atoms with Crippen molar-refractivity contribution in [2.24, 2.45) is 0 Å². The Labute approximate surface area is 83.6 Å². The van der Waals surface area contributed by atoms with Crippen molar-refractivity contribution >= 4 is 0 Å². The molecule has 0 fully saturated rings. The molecule has 4 heteroatoms. The number of nitrogens with one attached hydrogen (secondary N) is 1. The van der Waals surface area contributed by atoms with Gasteiger partial charge < -0.3 is 10.1 Å². The molecule has 0 spiro atoms. The van der Waals surface area contributed by atoms with Crippen LogP contribution in [0.5, 0.6) is 0 Å². The summed E-state index contributed by atoms with van der Waals surface area (Å²) in [6.07, 6.45) is 0.574. The van der Waals surface area contributed by atoms with Gasteiger partial charge in [0, 0.05) is 17.9 Å². The number of nitrogens with zero attached hydrogens (tertiary/aromatic N) is 1. The van der Waals surface area contributed by atoms with Crippen LogP contribution in [0.15, 0.2) is 4.79 Å². The molecule has 1 aromatic heterocycles. The largest absolute Gasteiger partial charge is 0.390 e. The topological polar surface area (TPSA) is 58.0 Å². The number of imidazole rings is 1. The Morgan fingerprint density at radius 2 is 2.00 bits per heavy atom. The maximum Gasteiger partial charge on any atom is 0.325 e. The zero-order chi connectivity index (χ0) is 10.9. The van der Waals surface area contributed by atoms with E-state index in [4.69, 9.17) is 0 Å². The van der Waals surface area contributed by atoms with Crippen molar-refractivity contribution in [3.63, 3.8) is 0 Å². The summed E-state index contributed by atoms with van der Waals surface area (Å²) in [6, 6.07) is 0. The van der Waals surface area contributed by atoms with Crippen LogP contribution in [0.2, 0.25) is 0 Å². The fraction of sp³-hybridized carbons (Fsp3) is 0.700. The van der Waals surface area contributed by atoms with Gasteiger partial charge in [-0.25, -0.2) is 4.79 Å². The van der Waals surface area contributed by atoms with Crippen LogP contribution in [0, 0.1) is 13.8 Å². The van der Waals surface area contributed by atoms with E-state index in [0.29, 0.717) is 13.0 Å². The van der Waals surface area contributed by atoms with E-state index in [2.05, 4.69) is 4.98 Å². The zero-order valence-corrected chi connectivity index (χ0v) is 9.22. The minimum Gasteiger partial charge on any atom is -0.390 e. The zero-order valence-electron chi connectivity index (χ0n) is 9.22. The summed E-state index contributed by atoms with van der Waals surface area (Å²) in [4.78, 5) is 14.1. The van der Waals surface area contributed by atoms with Crippen molar-refractivity contribution in [3.8, 4) is 0 Å². The van der Waals surface area contributed by atoms with Gasteiger partial charge in [-0.3, -0.25) is 4.57 Å². The van der Waals surface area contributed by atoms with Crippen molar-refractivity contribution in [2.45, 2.75) is 46.3 Å². The highest BCUT2D eigenvalue weighted by atomic mass is 16.3. The van der Waals surface area contributed by atoms with Gasteiger partial charge in [0.15, 0.2) is 0 Å². The molecule has 14 heavy (non-hydrogen) atoms. The summed E-state index contributed by atoms with van der Waals surface area (Å²) in [5.74, 6) is 0. The monoisotopic (exact) mass is 198 g/mol. The van der Waals surface area contributed by atoms with Crippen LogP contribution in [0.4, 0.5) is 0 Å². The Hall–Kier alpha value is -1.03. The summed E-state index contributed by atoms with van der Waals surface area (Å²) in [5, 5.41) is 9.54. The number of hydrogen-bond acceptors (Lipinski definition) is 2. The molecule has 2 N–H and O–H groups in total. The van der Waals surface area contributed by atoms with Crippen LogP contribution in [0.3, 0.4) is 0 Å². The molecule has 4 nitrogen and oxygen atoms in total. The van der Waals surface area contributed by atoms with Gasteiger partial charge in [-0.1, -0.05) is 0 Å². The molecule has 0 aliphatic carbocycles. The van der Waals surface area contributed by atoms with Crippen molar-refractivity contribution in [1.82, 2.24) is 9.55 Å². The molecule has 80 valence electrons. The second kappa shape index (κ2) is 3.61. The van der Waals surface area contributed by atoms with Gasteiger partial charge in [-0.15, -0.1) is 0 Å². The number of hydrogen-bond donors (Lipinski definition) is 2. The lowest BCUT2D eigenvalue weighted by Gasteiger charge is -2.17. The molecule has 0 aliphatic rings. The molecule has 1 aromatic rings. The number of aryl methyl sites for hydroxylation is 1. The van der Waals surface area contributed by atoms with Gasteiger partial charge in [-0.2, -0.15) is 0 Å². The average Bonchev–Trinajstić information content (AvgIpc) is 2.23. The van der Waals surface area contributed by atoms with E-state index in [1.54, 1.807) is 18.4 Å². The van der Waals surface area contributed by atoms with E-state index < -0.39 is 5.60 Å². The van der Waals surface area contributed by atoms with Crippen LogP contribution in [0.1, 0.15) is 31.7 Å². The summed E-state index contributed by atoms with van der Waals surface area (Å²) >= 11 is 0. The number of aromatic amines is 1. The lowest BCUT2D eigenvalue weighted by molar-refractivity contribution is 0.0658. The van der Waals surface area contributed by atoms with Crippen LogP contribution in [0.25, 0.3) is 0 Å². The maximum absolute atomic E-state index is 11.4. The first-order chi connectivity index (χ1) is 6.31. The van der Waals surface area contributed by atoms with Gasteiger partial charge >= 0.3 is 5.69 Å². The number of aliphatic hydroxyl groups is 1. The first kappa shape index (κ1) is 11.0. The maximum atomic E-state index is 11.4. The lowest BCUT2D eigenvalue weighted by atomic mass is 10.1. The van der Waals surface area contributed by atoms with Gasteiger partial charge in [0.1, 0.15) is 0 Å². The Balaban J connectivity index is 2.82. The molecule has 0 aromatic carbocycles. The summed E-state index contributed by atoms with van der Waals surface area (Å²) in [6.45, 7) is 7.81. The standard InChI is InChI=1S/C10H18N2O2/c1-7-8(2)12(9(13)11-7)6-5-10(3,4)14/h14H,5-6H2,1-4H3,(H,11,13). The van der Waals surface area contributed by atoms with Crippen molar-refractivity contribution in [2.75, 3.05) is 0 Å². The lowest BCUT2D eigenvalue weighted by Crippen LogP contribution is -2.25. The fourth-order valence-corrected chi connectivity index (χ4v) is 1.33. The quantitative estimate of drug-likeness (QED) is 0.759. The highest BCUT2D eigenvalue weighted by Gasteiger charge is 2.14. The van der Waals surface area contributed by atoms with Crippen molar-refractivity contribution in [3.05, 3.63) is 21.9 Å². The minimum atomic E-state index is -0.725. The smallest absolute Gasteiger partial charge is 0.325 e. The van der Waals surface area contributed by atoms with E-state index >= 15 is 0 Å². The highest BCUT2D eigenvalue weighted by molar-refractivity contribution is 5.08. The van der Waals surface area contributed by atoms with E-state index in [1.165, 1.54) is 0 Å². The molecule has 0 unspecified atom stereocenters. The summed E-state index contributed by atoms with van der Waals surface area (Å²) in [5.41, 5.74) is 1.02. The number of rotatable bonds is 3. The predicted molar refractivity (Wildman–Crippen MR) is 55.4 cm³/mol. The third-order valence-electron chi connectivity index (χ3n) is 2.43. The first-order valence-electron chi connectivity index (χ1n) is 4.79. The van der Waals surface area contributed by atoms with Crippen molar-refractivity contribution < 1.29 is 5.11 Å². The minimum absolute atomic E-state index is 0.0933. The van der Waals surface area contributed by atoms with Crippen LogP contribution < -0.4 is 5.69 Å². The highest BCUT2D eigenvalue weighted by Crippen LogP contribution is 2.10. The molecule has 0 bridgehead atoms. The molecular weight excluding hydrogens is 180 g/mol. The Bertz CT molecular complexity index is 368. The first-order valence-corrected chi connectivity index (χ1v) is 4.79. The van der Waals surface area contributed by atoms with Crippen LogP contribution in [-0.4, -0.2) is 20.3 Å². The molecule has 0 aliphatic heterocycles. The Morgan fingerprint density at radius 1 is 1.43 bits per heavy atom. The third-order valence-corrected chi connectivity index (χ3v) is 2.43. The predicted octanol–water partition coefficient (Wildman–Crippen LogP) is 0.954. The molecule has 1 rings (SSSR count). The second-order valence-corrected chi connectivity index (χ2v) is 4.35. The van der Waals surface area contributed by atoms with Crippen molar-refractivity contribution in [1.29, 1.82) is 0 Å². The molecule has 0 radical (unpaired) electrons. The van der Waals surface area contributed by atoms with Gasteiger partial charge in [-0.05, 0) is 34.1 Å². The Morgan fingerprint density at radius 3 is 2.36 bits per heavy atom. The third kappa shape index (κ3) is 2.48. The van der Waals surface area contributed by atoms with Gasteiger partial charge in [0.05, 0.1) is 5.60 Å². The average molecular weight is 198 g/mol. The normalized spacial score (nSPS) is 12.1. The molecule has 1 heterocycles. The van der Waals surface area contributed by atoms with E-state index in [-0.39, 0.29) is 5.69 Å². The molecule has 0 saturated heterocycles. The summed E-state index contributed by atoms with van der Waals surface area (Å²) < 4.78 is 1.66. The molecule has 0 amide bonds. The Kier molecular flexibility index (Phi) is 2.85. The van der Waals surface area contributed by atoms with Crippen LogP contribution >= 0.6 is 0 Å². The summed E-state index contributed by atoms with van der Waals surface area (Å²) in [7, 11) is 0. The van der Waals surface area contributed by atoms with E-state index in [0.717, 1.165) is 11.4 Å². The molecule has 0 atom stereocenters. The second-order valence-electron chi connectivity index (χ2n) is 4.35. The fourth-order valence-electron chi connectivity index (χ4n) is 1.33.